The molecule has 0 aliphatic carbocycles. The number of anilines is 1. The quantitative estimate of drug-likeness (QED) is 0.516. The first-order valence-corrected chi connectivity index (χ1v) is 9.01. The molecule has 27 heavy (non-hydrogen) atoms. The van der Waals surface area contributed by atoms with Crippen LogP contribution in [0.3, 0.4) is 0 Å². The van der Waals surface area contributed by atoms with E-state index in [1.807, 2.05) is 73.7 Å². The van der Waals surface area contributed by atoms with Crippen LogP contribution in [0.2, 0.25) is 0 Å². The molecule has 0 bridgehead atoms. The Bertz CT molecular complexity index is 1080. The molecular formula is C23H20N2O2. The lowest BCUT2D eigenvalue weighted by Gasteiger charge is -2.11. The molecule has 1 heterocycles. The summed E-state index contributed by atoms with van der Waals surface area (Å²) in [6.45, 7) is 4.05. The highest BCUT2D eigenvalue weighted by Crippen LogP contribution is 2.30. The second kappa shape index (κ2) is 7.08. The number of fused-ring (bicyclic) bond motifs is 1. The first-order valence-electron chi connectivity index (χ1n) is 9.01. The summed E-state index contributed by atoms with van der Waals surface area (Å²) in [5.41, 5.74) is 5.95. The number of nitrogens with zero attached hydrogens (tertiary/aromatic N) is 1. The largest absolute Gasteiger partial charge is 0.436 e. The van der Waals surface area contributed by atoms with Crippen molar-refractivity contribution in [1.29, 1.82) is 0 Å². The van der Waals surface area contributed by atoms with Crippen molar-refractivity contribution in [3.8, 4) is 11.5 Å². The van der Waals surface area contributed by atoms with Gasteiger partial charge in [-0.3, -0.25) is 4.79 Å². The fourth-order valence-electron chi connectivity index (χ4n) is 3.08. The zero-order valence-electron chi connectivity index (χ0n) is 15.3. The summed E-state index contributed by atoms with van der Waals surface area (Å²) in [5, 5.41) is 3.00. The van der Waals surface area contributed by atoms with Crippen molar-refractivity contribution < 1.29 is 9.21 Å². The Morgan fingerprint density at radius 1 is 1.00 bits per heavy atom. The molecule has 0 atom stereocenters. The van der Waals surface area contributed by atoms with Crippen LogP contribution in [0.15, 0.2) is 71.1 Å². The predicted octanol–water partition coefficient (Wildman–Crippen LogP) is 5.62. The lowest BCUT2D eigenvalue weighted by molar-refractivity contribution is 0.102. The number of hydrogen-bond donors (Lipinski definition) is 1. The van der Waals surface area contributed by atoms with Crippen molar-refractivity contribution in [2.24, 2.45) is 0 Å². The van der Waals surface area contributed by atoms with Gasteiger partial charge in [-0.15, -0.1) is 0 Å². The smallest absolute Gasteiger partial charge is 0.255 e. The summed E-state index contributed by atoms with van der Waals surface area (Å²) >= 11 is 0. The monoisotopic (exact) mass is 356 g/mol. The van der Waals surface area contributed by atoms with Crippen molar-refractivity contribution in [3.05, 3.63) is 83.4 Å². The van der Waals surface area contributed by atoms with Gasteiger partial charge in [-0.2, -0.15) is 0 Å². The summed E-state index contributed by atoms with van der Waals surface area (Å²) in [5.74, 6) is 0.424. The lowest BCUT2D eigenvalue weighted by atomic mass is 10.1. The zero-order valence-corrected chi connectivity index (χ0v) is 15.3. The van der Waals surface area contributed by atoms with Gasteiger partial charge in [0.05, 0.1) is 0 Å². The van der Waals surface area contributed by atoms with Crippen LogP contribution < -0.4 is 5.32 Å². The highest BCUT2D eigenvalue weighted by Gasteiger charge is 2.14. The van der Waals surface area contributed by atoms with Gasteiger partial charge in [0.25, 0.3) is 5.91 Å². The third-order valence-electron chi connectivity index (χ3n) is 4.73. The number of benzene rings is 3. The van der Waals surface area contributed by atoms with Gasteiger partial charge < -0.3 is 9.73 Å². The Labute approximate surface area is 157 Å². The molecule has 4 rings (SSSR count). The lowest BCUT2D eigenvalue weighted by Crippen LogP contribution is -2.13. The van der Waals surface area contributed by atoms with Crippen LogP contribution in [0.25, 0.3) is 22.6 Å². The highest BCUT2D eigenvalue weighted by atomic mass is 16.3. The van der Waals surface area contributed by atoms with E-state index in [1.165, 1.54) is 5.56 Å². The minimum Gasteiger partial charge on any atom is -0.436 e. The van der Waals surface area contributed by atoms with E-state index in [4.69, 9.17) is 4.42 Å². The van der Waals surface area contributed by atoms with Crippen LogP contribution in [0.1, 0.15) is 28.4 Å². The van der Waals surface area contributed by atoms with Crippen LogP contribution in [0, 0.1) is 6.92 Å². The summed E-state index contributed by atoms with van der Waals surface area (Å²) in [7, 11) is 0. The van der Waals surface area contributed by atoms with E-state index in [1.54, 1.807) is 0 Å². The highest BCUT2D eigenvalue weighted by molar-refractivity contribution is 6.05. The number of hydrogen-bond acceptors (Lipinski definition) is 3. The number of carbonyl (C=O) groups excluding carboxylic acids is 1. The van der Waals surface area contributed by atoms with Gasteiger partial charge in [0.1, 0.15) is 5.52 Å². The Balaban J connectivity index is 1.64. The number of oxazole rings is 1. The molecule has 3 aromatic carbocycles. The third-order valence-corrected chi connectivity index (χ3v) is 4.73. The standard InChI is InChI=1S/C23H20N2O2/c1-3-16-11-13-17(14-12-16)22(26)24-19-9-6-7-18(15(19)2)23-25-20-8-4-5-10-21(20)27-23/h4-14H,3H2,1-2H3,(H,24,26). The Hall–Kier alpha value is -3.40. The molecule has 0 fully saturated rings. The maximum atomic E-state index is 12.6. The van der Waals surface area contributed by atoms with Crippen molar-refractivity contribution >= 4 is 22.7 Å². The average molecular weight is 356 g/mol. The summed E-state index contributed by atoms with van der Waals surface area (Å²) < 4.78 is 5.88. The molecule has 134 valence electrons. The van der Waals surface area contributed by atoms with Gasteiger partial charge in [-0.25, -0.2) is 4.98 Å². The summed E-state index contributed by atoms with van der Waals surface area (Å²) in [4.78, 5) is 17.2. The van der Waals surface area contributed by atoms with Crippen molar-refractivity contribution in [2.75, 3.05) is 5.32 Å². The van der Waals surface area contributed by atoms with E-state index < -0.39 is 0 Å². The van der Waals surface area contributed by atoms with Crippen LogP contribution in [-0.4, -0.2) is 10.9 Å². The molecule has 4 aromatic rings. The molecule has 4 nitrogen and oxygen atoms in total. The van der Waals surface area contributed by atoms with Gasteiger partial charge >= 0.3 is 0 Å². The second-order valence-electron chi connectivity index (χ2n) is 6.47. The molecule has 0 aliphatic heterocycles. The molecule has 1 N–H and O–H groups in total. The fourth-order valence-corrected chi connectivity index (χ4v) is 3.08. The van der Waals surface area contributed by atoms with Crippen LogP contribution >= 0.6 is 0 Å². The second-order valence-corrected chi connectivity index (χ2v) is 6.47. The SMILES string of the molecule is CCc1ccc(C(=O)Nc2cccc(-c3nc4ccccc4o3)c2C)cc1. The first-order chi connectivity index (χ1) is 13.2. The number of rotatable bonds is 4. The summed E-state index contributed by atoms with van der Waals surface area (Å²) in [6, 6.07) is 21.1. The average Bonchev–Trinajstić information content (AvgIpc) is 3.13. The van der Waals surface area contributed by atoms with E-state index in [9.17, 15) is 4.79 Å². The van der Waals surface area contributed by atoms with Gasteiger partial charge in [-0.1, -0.05) is 37.3 Å². The summed E-state index contributed by atoms with van der Waals surface area (Å²) in [6.07, 6.45) is 0.952. The normalized spacial score (nSPS) is 10.9. The molecule has 0 unspecified atom stereocenters. The van der Waals surface area contributed by atoms with Gasteiger partial charge in [0, 0.05) is 16.8 Å². The molecule has 0 aliphatic rings. The van der Waals surface area contributed by atoms with E-state index >= 15 is 0 Å². The fraction of sp³-hybridized carbons (Fsp3) is 0.130. The number of amides is 1. The molecule has 1 aromatic heterocycles. The van der Waals surface area contributed by atoms with Gasteiger partial charge in [0.15, 0.2) is 5.58 Å². The minimum atomic E-state index is -0.129. The topological polar surface area (TPSA) is 55.1 Å². The van der Waals surface area contributed by atoms with Gasteiger partial charge in [-0.05, 0) is 60.9 Å². The predicted molar refractivity (Wildman–Crippen MR) is 108 cm³/mol. The van der Waals surface area contributed by atoms with Crippen molar-refractivity contribution in [2.45, 2.75) is 20.3 Å². The maximum absolute atomic E-state index is 12.6. The molecule has 1 amide bonds. The van der Waals surface area contributed by atoms with Crippen LogP contribution in [0.4, 0.5) is 5.69 Å². The number of aryl methyl sites for hydroxylation is 1. The van der Waals surface area contributed by atoms with Gasteiger partial charge in [0.2, 0.25) is 5.89 Å². The molecule has 4 heteroatoms. The molecule has 0 saturated carbocycles. The van der Waals surface area contributed by atoms with E-state index in [0.717, 1.165) is 34.3 Å². The van der Waals surface area contributed by atoms with Crippen LogP contribution in [-0.2, 0) is 6.42 Å². The van der Waals surface area contributed by atoms with E-state index in [-0.39, 0.29) is 5.91 Å². The molecule has 0 saturated heterocycles. The van der Waals surface area contributed by atoms with Crippen LogP contribution in [0.5, 0.6) is 0 Å². The number of para-hydroxylation sites is 2. The zero-order chi connectivity index (χ0) is 18.8. The number of carbonyl (C=O) groups is 1. The maximum Gasteiger partial charge on any atom is 0.255 e. The third kappa shape index (κ3) is 3.34. The Morgan fingerprint density at radius 3 is 2.52 bits per heavy atom. The molecule has 0 radical (unpaired) electrons. The van der Waals surface area contributed by atoms with Crippen molar-refractivity contribution in [1.82, 2.24) is 4.98 Å². The number of aromatic nitrogens is 1. The number of nitrogens with one attached hydrogen (secondary N) is 1. The first kappa shape index (κ1) is 17.0. The Kier molecular flexibility index (Phi) is 4.47. The van der Waals surface area contributed by atoms with E-state index in [0.29, 0.717) is 11.5 Å². The molecular weight excluding hydrogens is 336 g/mol. The Morgan fingerprint density at radius 2 is 1.78 bits per heavy atom. The minimum absolute atomic E-state index is 0.129. The van der Waals surface area contributed by atoms with E-state index in [2.05, 4.69) is 17.2 Å². The van der Waals surface area contributed by atoms with Crippen molar-refractivity contribution in [3.63, 3.8) is 0 Å². The molecule has 0 spiro atoms.